The molecule has 1 saturated heterocycles. The normalized spacial score (nSPS) is 19.0. The molecule has 1 aliphatic rings. The van der Waals surface area contributed by atoms with Crippen LogP contribution in [0.1, 0.15) is 18.1 Å². The maximum absolute atomic E-state index is 12.9. The zero-order valence-corrected chi connectivity index (χ0v) is 17.2. The van der Waals surface area contributed by atoms with Crippen molar-refractivity contribution in [1.82, 2.24) is 10.2 Å². The topological polar surface area (TPSA) is 78.5 Å². The summed E-state index contributed by atoms with van der Waals surface area (Å²) in [5.74, 6) is -1.15. The largest absolute Gasteiger partial charge is 0.325 e. The SMILES string of the molecule is Cc1ccc(C2(C)NC(=O)N(CC(=O)Nc3c(Cl)cc(Cl)cc3Cl)C2=O)cc1. The Kier molecular flexibility index (Phi) is 5.57. The summed E-state index contributed by atoms with van der Waals surface area (Å²) in [6.45, 7) is 3.04. The zero-order chi connectivity index (χ0) is 20.6. The Morgan fingerprint density at radius 3 is 2.25 bits per heavy atom. The highest BCUT2D eigenvalue weighted by Crippen LogP contribution is 2.34. The number of imide groups is 1. The van der Waals surface area contributed by atoms with Crippen LogP contribution in [0, 0.1) is 6.92 Å². The number of anilines is 1. The molecule has 4 amide bonds. The predicted molar refractivity (Wildman–Crippen MR) is 109 cm³/mol. The minimum absolute atomic E-state index is 0.146. The van der Waals surface area contributed by atoms with Crippen molar-refractivity contribution >= 4 is 58.3 Å². The van der Waals surface area contributed by atoms with E-state index >= 15 is 0 Å². The average Bonchev–Trinajstić information content (AvgIpc) is 2.83. The Bertz CT molecular complexity index is 955. The highest BCUT2D eigenvalue weighted by atomic mass is 35.5. The first-order valence-electron chi connectivity index (χ1n) is 8.27. The van der Waals surface area contributed by atoms with Crippen molar-refractivity contribution in [2.24, 2.45) is 0 Å². The first kappa shape index (κ1) is 20.5. The molecule has 1 aliphatic heterocycles. The summed E-state index contributed by atoms with van der Waals surface area (Å²) < 4.78 is 0. The van der Waals surface area contributed by atoms with Gasteiger partial charge in [-0.1, -0.05) is 64.6 Å². The van der Waals surface area contributed by atoms with Crippen LogP contribution < -0.4 is 10.6 Å². The van der Waals surface area contributed by atoms with Crippen molar-refractivity contribution < 1.29 is 14.4 Å². The molecule has 0 aromatic heterocycles. The quantitative estimate of drug-likeness (QED) is 0.693. The fourth-order valence-electron chi connectivity index (χ4n) is 2.91. The number of halogens is 3. The fraction of sp³-hybridized carbons (Fsp3) is 0.211. The van der Waals surface area contributed by atoms with Crippen molar-refractivity contribution in [2.45, 2.75) is 19.4 Å². The molecule has 1 fully saturated rings. The molecule has 146 valence electrons. The third-order valence-electron chi connectivity index (χ3n) is 4.48. The Balaban J connectivity index is 1.78. The molecule has 9 heteroatoms. The summed E-state index contributed by atoms with van der Waals surface area (Å²) in [6, 6.07) is 9.42. The van der Waals surface area contributed by atoms with Crippen LogP contribution in [0.5, 0.6) is 0 Å². The van der Waals surface area contributed by atoms with Crippen molar-refractivity contribution in [3.8, 4) is 0 Å². The Labute approximate surface area is 176 Å². The number of hydrogen-bond donors (Lipinski definition) is 2. The second kappa shape index (κ2) is 7.62. The van der Waals surface area contributed by atoms with Gasteiger partial charge >= 0.3 is 6.03 Å². The molecular weight excluding hydrogens is 425 g/mol. The number of urea groups is 1. The Morgan fingerprint density at radius 1 is 1.11 bits per heavy atom. The molecule has 1 unspecified atom stereocenters. The van der Waals surface area contributed by atoms with Gasteiger partial charge in [0.05, 0.1) is 15.7 Å². The first-order chi connectivity index (χ1) is 13.1. The third-order valence-corrected chi connectivity index (χ3v) is 5.29. The van der Waals surface area contributed by atoms with Gasteiger partial charge in [-0.3, -0.25) is 14.5 Å². The fourth-order valence-corrected chi connectivity index (χ4v) is 3.82. The van der Waals surface area contributed by atoms with E-state index in [1.165, 1.54) is 12.1 Å². The molecule has 2 aromatic rings. The lowest BCUT2D eigenvalue weighted by Crippen LogP contribution is -2.42. The number of hydrogen-bond acceptors (Lipinski definition) is 3. The molecule has 28 heavy (non-hydrogen) atoms. The van der Waals surface area contributed by atoms with Gasteiger partial charge in [0, 0.05) is 5.02 Å². The number of rotatable bonds is 4. The van der Waals surface area contributed by atoms with E-state index in [2.05, 4.69) is 10.6 Å². The van der Waals surface area contributed by atoms with Crippen molar-refractivity contribution in [1.29, 1.82) is 0 Å². The molecule has 0 radical (unpaired) electrons. The molecule has 1 heterocycles. The third kappa shape index (κ3) is 3.81. The first-order valence-corrected chi connectivity index (χ1v) is 9.41. The summed E-state index contributed by atoms with van der Waals surface area (Å²) in [5, 5.41) is 5.77. The van der Waals surface area contributed by atoms with Crippen molar-refractivity contribution in [2.75, 3.05) is 11.9 Å². The molecular formula is C19H16Cl3N3O3. The molecule has 3 rings (SSSR count). The summed E-state index contributed by atoms with van der Waals surface area (Å²) >= 11 is 17.9. The average molecular weight is 441 g/mol. The van der Waals surface area contributed by atoms with Gasteiger partial charge in [-0.05, 0) is 31.5 Å². The standard InChI is InChI=1S/C19H16Cl3N3O3/c1-10-3-5-11(6-4-10)19(2)17(27)25(18(28)24-19)9-15(26)23-16-13(21)7-12(20)8-14(16)22/h3-8H,9H2,1-2H3,(H,23,26)(H,24,28). The molecule has 6 nitrogen and oxygen atoms in total. The molecule has 0 spiro atoms. The number of nitrogens with one attached hydrogen (secondary N) is 2. The lowest BCUT2D eigenvalue weighted by atomic mass is 9.91. The molecule has 0 saturated carbocycles. The van der Waals surface area contributed by atoms with Crippen molar-refractivity contribution in [3.63, 3.8) is 0 Å². The maximum atomic E-state index is 12.9. The summed E-state index contributed by atoms with van der Waals surface area (Å²) in [4.78, 5) is 38.5. The highest BCUT2D eigenvalue weighted by Gasteiger charge is 2.49. The van der Waals surface area contributed by atoms with Crippen LogP contribution in [0.15, 0.2) is 36.4 Å². The number of carbonyl (C=O) groups is 3. The molecule has 2 aromatic carbocycles. The van der Waals surface area contributed by atoms with Crippen LogP contribution in [0.3, 0.4) is 0 Å². The van der Waals surface area contributed by atoms with Gasteiger partial charge in [0.1, 0.15) is 12.1 Å². The van der Waals surface area contributed by atoms with Crippen LogP contribution in [0.25, 0.3) is 0 Å². The van der Waals surface area contributed by atoms with Crippen LogP contribution in [0.4, 0.5) is 10.5 Å². The van der Waals surface area contributed by atoms with Gasteiger partial charge < -0.3 is 10.6 Å². The van der Waals surface area contributed by atoms with E-state index in [1.807, 2.05) is 19.1 Å². The van der Waals surface area contributed by atoms with E-state index < -0.39 is 29.9 Å². The smallest absolute Gasteiger partial charge is 0.322 e. The summed E-state index contributed by atoms with van der Waals surface area (Å²) in [7, 11) is 0. The zero-order valence-electron chi connectivity index (χ0n) is 15.0. The van der Waals surface area contributed by atoms with Crippen LogP contribution >= 0.6 is 34.8 Å². The van der Waals surface area contributed by atoms with E-state index in [4.69, 9.17) is 34.8 Å². The van der Waals surface area contributed by atoms with E-state index in [9.17, 15) is 14.4 Å². The van der Waals surface area contributed by atoms with Crippen LogP contribution in [-0.2, 0) is 15.1 Å². The second-order valence-electron chi connectivity index (χ2n) is 6.61. The molecule has 0 aliphatic carbocycles. The maximum Gasteiger partial charge on any atom is 0.325 e. The Hall–Kier alpha value is -2.28. The number of aryl methyl sites for hydroxylation is 1. The van der Waals surface area contributed by atoms with Crippen LogP contribution in [-0.4, -0.2) is 29.3 Å². The Morgan fingerprint density at radius 2 is 1.68 bits per heavy atom. The van der Waals surface area contributed by atoms with E-state index in [0.29, 0.717) is 10.6 Å². The van der Waals surface area contributed by atoms with Gasteiger partial charge in [0.25, 0.3) is 5.91 Å². The summed E-state index contributed by atoms with van der Waals surface area (Å²) in [5.41, 5.74) is 0.562. The lowest BCUT2D eigenvalue weighted by Gasteiger charge is -2.22. The minimum Gasteiger partial charge on any atom is -0.322 e. The monoisotopic (exact) mass is 439 g/mol. The molecule has 2 N–H and O–H groups in total. The van der Waals surface area contributed by atoms with E-state index in [1.54, 1.807) is 19.1 Å². The number of benzene rings is 2. The van der Waals surface area contributed by atoms with Gasteiger partial charge in [-0.25, -0.2) is 4.79 Å². The van der Waals surface area contributed by atoms with Gasteiger partial charge in [0.2, 0.25) is 5.91 Å². The number of amides is 4. The molecule has 1 atom stereocenters. The summed E-state index contributed by atoms with van der Waals surface area (Å²) in [6.07, 6.45) is 0. The van der Waals surface area contributed by atoms with Crippen molar-refractivity contribution in [3.05, 3.63) is 62.6 Å². The van der Waals surface area contributed by atoms with E-state index in [-0.39, 0.29) is 15.7 Å². The van der Waals surface area contributed by atoms with Gasteiger partial charge in [0.15, 0.2) is 0 Å². The van der Waals surface area contributed by atoms with E-state index in [0.717, 1.165) is 10.5 Å². The number of nitrogens with zero attached hydrogens (tertiary/aromatic N) is 1. The second-order valence-corrected chi connectivity index (χ2v) is 7.86. The minimum atomic E-state index is -1.25. The highest BCUT2D eigenvalue weighted by molar-refractivity contribution is 6.42. The number of carbonyl (C=O) groups excluding carboxylic acids is 3. The van der Waals surface area contributed by atoms with Gasteiger partial charge in [-0.2, -0.15) is 0 Å². The predicted octanol–water partition coefficient (Wildman–Crippen LogP) is 4.36. The molecule has 0 bridgehead atoms. The lowest BCUT2D eigenvalue weighted by molar-refractivity contribution is -0.133. The van der Waals surface area contributed by atoms with Gasteiger partial charge in [-0.15, -0.1) is 0 Å². The van der Waals surface area contributed by atoms with Crippen LogP contribution in [0.2, 0.25) is 15.1 Å².